The normalized spacial score (nSPS) is 21.8. The minimum Gasteiger partial charge on any atom is -0.382 e. The molecule has 1 saturated carbocycles. The molecule has 0 radical (unpaired) electrons. The number of para-hydroxylation sites is 1. The highest BCUT2D eigenvalue weighted by molar-refractivity contribution is 5.78. The van der Waals surface area contributed by atoms with E-state index >= 15 is 0 Å². The zero-order valence-corrected chi connectivity index (χ0v) is 11.2. The minimum atomic E-state index is -0.281. The molecule has 1 aliphatic rings. The maximum Gasteiger partial charge on any atom is 0.221 e. The third-order valence-electron chi connectivity index (χ3n) is 3.71. The van der Waals surface area contributed by atoms with Gasteiger partial charge in [0, 0.05) is 11.7 Å². The molecule has 0 aliphatic heterocycles. The van der Waals surface area contributed by atoms with Gasteiger partial charge in [0.2, 0.25) is 5.91 Å². The first-order valence-corrected chi connectivity index (χ1v) is 6.59. The van der Waals surface area contributed by atoms with Gasteiger partial charge in [-0.25, -0.2) is 0 Å². The van der Waals surface area contributed by atoms with Crippen molar-refractivity contribution in [3.63, 3.8) is 0 Å². The standard InChI is InChI=1S/C15H22N2O/c1-15(2)8-7-12(10-15)17-13-6-4-3-5-11(13)9-14(16)18/h3-6,12,17H,7-10H2,1-2H3,(H2,16,18). The van der Waals surface area contributed by atoms with Crippen LogP contribution in [-0.4, -0.2) is 11.9 Å². The fourth-order valence-corrected chi connectivity index (χ4v) is 2.78. The summed E-state index contributed by atoms with van der Waals surface area (Å²) in [6, 6.07) is 8.44. The minimum absolute atomic E-state index is 0.281. The maximum atomic E-state index is 11.1. The number of anilines is 1. The number of primary amides is 1. The molecule has 1 atom stereocenters. The average molecular weight is 246 g/mol. The van der Waals surface area contributed by atoms with Gasteiger partial charge in [-0.05, 0) is 36.3 Å². The zero-order chi connectivity index (χ0) is 13.2. The van der Waals surface area contributed by atoms with Crippen molar-refractivity contribution in [2.75, 3.05) is 5.32 Å². The molecule has 98 valence electrons. The van der Waals surface area contributed by atoms with Crippen LogP contribution in [0, 0.1) is 5.41 Å². The molecule has 3 heteroatoms. The lowest BCUT2D eigenvalue weighted by atomic mass is 9.92. The third-order valence-corrected chi connectivity index (χ3v) is 3.71. The van der Waals surface area contributed by atoms with Gasteiger partial charge in [-0.15, -0.1) is 0 Å². The molecule has 18 heavy (non-hydrogen) atoms. The molecule has 0 spiro atoms. The van der Waals surface area contributed by atoms with Gasteiger partial charge in [0.05, 0.1) is 6.42 Å². The third kappa shape index (κ3) is 3.25. The molecule has 0 aromatic heterocycles. The fraction of sp³-hybridized carbons (Fsp3) is 0.533. The molecule has 1 aromatic carbocycles. The van der Waals surface area contributed by atoms with Gasteiger partial charge in [0.25, 0.3) is 0 Å². The molecule has 3 nitrogen and oxygen atoms in total. The summed E-state index contributed by atoms with van der Waals surface area (Å²) in [6.07, 6.45) is 3.93. The Bertz CT molecular complexity index is 440. The molecule has 1 amide bonds. The Balaban J connectivity index is 2.07. The van der Waals surface area contributed by atoms with E-state index < -0.39 is 0 Å². The SMILES string of the molecule is CC1(C)CCC(Nc2ccccc2CC(N)=O)C1. The summed E-state index contributed by atoms with van der Waals surface area (Å²) in [5, 5.41) is 3.56. The van der Waals surface area contributed by atoms with Crippen molar-refractivity contribution in [3.8, 4) is 0 Å². The van der Waals surface area contributed by atoms with Crippen molar-refractivity contribution in [1.29, 1.82) is 0 Å². The number of hydrogen-bond acceptors (Lipinski definition) is 2. The average Bonchev–Trinajstić information content (AvgIpc) is 2.60. The summed E-state index contributed by atoms with van der Waals surface area (Å²) < 4.78 is 0. The number of nitrogens with one attached hydrogen (secondary N) is 1. The summed E-state index contributed by atoms with van der Waals surface area (Å²) in [5.74, 6) is -0.281. The highest BCUT2D eigenvalue weighted by Gasteiger charge is 2.30. The molecule has 1 aliphatic carbocycles. The van der Waals surface area contributed by atoms with Crippen molar-refractivity contribution in [2.45, 2.75) is 45.6 Å². The van der Waals surface area contributed by atoms with Crippen LogP contribution in [0.25, 0.3) is 0 Å². The van der Waals surface area contributed by atoms with Crippen LogP contribution in [0.4, 0.5) is 5.69 Å². The molecule has 0 heterocycles. The molecule has 1 unspecified atom stereocenters. The molecule has 0 bridgehead atoms. The van der Waals surface area contributed by atoms with Crippen LogP contribution in [0.5, 0.6) is 0 Å². The van der Waals surface area contributed by atoms with Crippen molar-refractivity contribution in [1.82, 2.24) is 0 Å². The highest BCUT2D eigenvalue weighted by Crippen LogP contribution is 2.38. The van der Waals surface area contributed by atoms with Crippen LogP contribution in [0.15, 0.2) is 24.3 Å². The van der Waals surface area contributed by atoms with E-state index in [1.165, 1.54) is 19.3 Å². The molecule has 0 saturated heterocycles. The summed E-state index contributed by atoms with van der Waals surface area (Å²) in [5.41, 5.74) is 7.75. The lowest BCUT2D eigenvalue weighted by Gasteiger charge is -2.20. The quantitative estimate of drug-likeness (QED) is 0.858. The van der Waals surface area contributed by atoms with Gasteiger partial charge in [-0.1, -0.05) is 32.0 Å². The van der Waals surface area contributed by atoms with Gasteiger partial charge >= 0.3 is 0 Å². The van der Waals surface area contributed by atoms with E-state index in [1.807, 2.05) is 24.3 Å². The van der Waals surface area contributed by atoms with E-state index in [4.69, 9.17) is 5.73 Å². The van der Waals surface area contributed by atoms with E-state index in [-0.39, 0.29) is 5.91 Å². The Kier molecular flexibility index (Phi) is 3.60. The van der Waals surface area contributed by atoms with E-state index in [1.54, 1.807) is 0 Å². The van der Waals surface area contributed by atoms with Crippen molar-refractivity contribution < 1.29 is 4.79 Å². The smallest absolute Gasteiger partial charge is 0.221 e. The molecule has 1 fully saturated rings. The topological polar surface area (TPSA) is 55.1 Å². The largest absolute Gasteiger partial charge is 0.382 e. The van der Waals surface area contributed by atoms with E-state index in [0.29, 0.717) is 17.9 Å². The summed E-state index contributed by atoms with van der Waals surface area (Å²) in [6.45, 7) is 4.62. The van der Waals surface area contributed by atoms with Crippen LogP contribution in [0.1, 0.15) is 38.7 Å². The van der Waals surface area contributed by atoms with Gasteiger partial charge in [0.1, 0.15) is 0 Å². The van der Waals surface area contributed by atoms with Crippen LogP contribution in [0.3, 0.4) is 0 Å². The monoisotopic (exact) mass is 246 g/mol. The lowest BCUT2D eigenvalue weighted by molar-refractivity contribution is -0.117. The second-order valence-electron chi connectivity index (χ2n) is 6.05. The second kappa shape index (κ2) is 5.01. The number of amides is 1. The number of carbonyl (C=O) groups is 1. The first-order chi connectivity index (χ1) is 8.46. The fourth-order valence-electron chi connectivity index (χ4n) is 2.78. The Hall–Kier alpha value is -1.51. The second-order valence-corrected chi connectivity index (χ2v) is 6.05. The van der Waals surface area contributed by atoms with E-state index in [9.17, 15) is 4.79 Å². The van der Waals surface area contributed by atoms with Crippen LogP contribution < -0.4 is 11.1 Å². The number of rotatable bonds is 4. The van der Waals surface area contributed by atoms with Crippen molar-refractivity contribution in [2.24, 2.45) is 11.1 Å². The number of benzene rings is 1. The Morgan fingerprint density at radius 3 is 2.78 bits per heavy atom. The molecular formula is C15H22N2O. The Morgan fingerprint density at radius 1 is 1.44 bits per heavy atom. The van der Waals surface area contributed by atoms with Gasteiger partial charge in [0.15, 0.2) is 0 Å². The van der Waals surface area contributed by atoms with Crippen molar-refractivity contribution >= 4 is 11.6 Å². The molecule has 3 N–H and O–H groups in total. The highest BCUT2D eigenvalue weighted by atomic mass is 16.1. The van der Waals surface area contributed by atoms with Gasteiger partial charge in [-0.3, -0.25) is 4.79 Å². The van der Waals surface area contributed by atoms with E-state index in [0.717, 1.165) is 11.3 Å². The van der Waals surface area contributed by atoms with Crippen LogP contribution in [-0.2, 0) is 11.2 Å². The van der Waals surface area contributed by atoms with Crippen LogP contribution >= 0.6 is 0 Å². The van der Waals surface area contributed by atoms with E-state index in [2.05, 4.69) is 19.2 Å². The molecule has 2 rings (SSSR count). The zero-order valence-electron chi connectivity index (χ0n) is 11.2. The van der Waals surface area contributed by atoms with Crippen molar-refractivity contribution in [3.05, 3.63) is 29.8 Å². The first-order valence-electron chi connectivity index (χ1n) is 6.59. The molecular weight excluding hydrogens is 224 g/mol. The molecule has 1 aromatic rings. The number of nitrogens with two attached hydrogens (primary N) is 1. The summed E-state index contributed by atoms with van der Waals surface area (Å²) >= 11 is 0. The lowest BCUT2D eigenvalue weighted by Crippen LogP contribution is -2.20. The summed E-state index contributed by atoms with van der Waals surface area (Å²) in [7, 11) is 0. The predicted molar refractivity (Wildman–Crippen MR) is 74.4 cm³/mol. The summed E-state index contributed by atoms with van der Waals surface area (Å²) in [4.78, 5) is 11.1. The first kappa shape index (κ1) is 12.9. The number of carbonyl (C=O) groups excluding carboxylic acids is 1. The van der Waals surface area contributed by atoms with Gasteiger partial charge < -0.3 is 11.1 Å². The van der Waals surface area contributed by atoms with Gasteiger partial charge in [-0.2, -0.15) is 0 Å². The number of hydrogen-bond donors (Lipinski definition) is 2. The predicted octanol–water partition coefficient (Wildman–Crippen LogP) is 2.71. The maximum absolute atomic E-state index is 11.1. The Labute approximate surface area is 109 Å². The van der Waals surface area contributed by atoms with Crippen LogP contribution in [0.2, 0.25) is 0 Å². The Morgan fingerprint density at radius 2 is 2.17 bits per heavy atom.